The molecule has 1 aliphatic carbocycles. The summed E-state index contributed by atoms with van der Waals surface area (Å²) < 4.78 is 28.5. The van der Waals surface area contributed by atoms with E-state index in [9.17, 15) is 19.1 Å². The number of aliphatic hydroxyl groups excluding tert-OH is 1. The van der Waals surface area contributed by atoms with Gasteiger partial charge in [0.2, 0.25) is 0 Å². The number of nitrogens with zero attached hydrogens (tertiary/aromatic N) is 1. The topological polar surface area (TPSA) is 53.2 Å². The summed E-state index contributed by atoms with van der Waals surface area (Å²) in [6, 6.07) is 8.15. The molecule has 3 unspecified atom stereocenters. The highest BCUT2D eigenvalue weighted by molar-refractivity contribution is 5.31. The molecule has 0 aromatic heterocycles. The monoisotopic (exact) mass is 295 g/mol. The van der Waals surface area contributed by atoms with Crippen LogP contribution in [0.2, 0.25) is 0 Å². The molecular formula is C16H19F2NO2. The number of alkyl halides is 2. The van der Waals surface area contributed by atoms with Crippen LogP contribution in [0.4, 0.5) is 8.78 Å². The highest BCUT2D eigenvalue weighted by Gasteiger charge is 2.45. The normalized spacial score (nSPS) is 26.6. The van der Waals surface area contributed by atoms with Crippen molar-refractivity contribution in [3.63, 3.8) is 0 Å². The first kappa shape index (κ1) is 15.7. The fourth-order valence-electron chi connectivity index (χ4n) is 3.09. The average molecular weight is 295 g/mol. The lowest BCUT2D eigenvalue weighted by molar-refractivity contribution is -0.0498. The Morgan fingerprint density at radius 2 is 2.10 bits per heavy atom. The van der Waals surface area contributed by atoms with Gasteiger partial charge >= 0.3 is 6.61 Å². The lowest BCUT2D eigenvalue weighted by Gasteiger charge is -2.28. The first-order chi connectivity index (χ1) is 10.0. The number of rotatable bonds is 5. The number of benzene rings is 1. The van der Waals surface area contributed by atoms with Crippen LogP contribution in [0.25, 0.3) is 0 Å². The summed E-state index contributed by atoms with van der Waals surface area (Å²) in [5, 5.41) is 20.0. The minimum Gasteiger partial charge on any atom is -0.435 e. The number of hydrogen-bond acceptors (Lipinski definition) is 3. The Hall–Kier alpha value is -1.67. The number of ether oxygens (including phenoxy) is 1. The highest BCUT2D eigenvalue weighted by atomic mass is 19.3. The van der Waals surface area contributed by atoms with Crippen molar-refractivity contribution in [1.82, 2.24) is 0 Å². The SMILES string of the molecule is CCC1CCC(C#N)(C(O)c2ccc(OC(F)F)cc2)C1. The zero-order valence-electron chi connectivity index (χ0n) is 11.9. The van der Waals surface area contributed by atoms with E-state index >= 15 is 0 Å². The van der Waals surface area contributed by atoms with Crippen molar-refractivity contribution in [2.45, 2.75) is 45.3 Å². The van der Waals surface area contributed by atoms with E-state index in [1.54, 1.807) is 12.1 Å². The minimum atomic E-state index is -2.87. The largest absolute Gasteiger partial charge is 0.435 e. The predicted octanol–water partition coefficient (Wildman–Crippen LogP) is 4.04. The van der Waals surface area contributed by atoms with Crippen LogP contribution in [-0.4, -0.2) is 11.7 Å². The summed E-state index contributed by atoms with van der Waals surface area (Å²) >= 11 is 0. The summed E-state index contributed by atoms with van der Waals surface area (Å²) in [7, 11) is 0. The van der Waals surface area contributed by atoms with Gasteiger partial charge in [0.1, 0.15) is 5.75 Å². The lowest BCUT2D eigenvalue weighted by atomic mass is 9.78. The van der Waals surface area contributed by atoms with E-state index in [2.05, 4.69) is 17.7 Å². The molecule has 114 valence electrons. The summed E-state index contributed by atoms with van der Waals surface area (Å²) in [6.07, 6.45) is 2.37. The zero-order valence-corrected chi connectivity index (χ0v) is 11.9. The van der Waals surface area contributed by atoms with Crippen LogP contribution < -0.4 is 4.74 Å². The van der Waals surface area contributed by atoms with Gasteiger partial charge in [-0.1, -0.05) is 25.5 Å². The quantitative estimate of drug-likeness (QED) is 0.892. The van der Waals surface area contributed by atoms with Crippen LogP contribution in [0.5, 0.6) is 5.75 Å². The molecule has 5 heteroatoms. The Morgan fingerprint density at radius 1 is 1.43 bits per heavy atom. The molecule has 3 nitrogen and oxygen atoms in total. The third-order valence-corrected chi connectivity index (χ3v) is 4.40. The molecule has 0 bridgehead atoms. The Bertz CT molecular complexity index is 512. The van der Waals surface area contributed by atoms with Crippen molar-refractivity contribution in [3.8, 4) is 11.8 Å². The van der Waals surface area contributed by atoms with E-state index in [4.69, 9.17) is 0 Å². The second-order valence-corrected chi connectivity index (χ2v) is 5.64. The van der Waals surface area contributed by atoms with Gasteiger partial charge in [-0.3, -0.25) is 0 Å². The van der Waals surface area contributed by atoms with Crippen molar-refractivity contribution in [2.75, 3.05) is 0 Å². The van der Waals surface area contributed by atoms with Gasteiger partial charge in [0.15, 0.2) is 0 Å². The van der Waals surface area contributed by atoms with Crippen LogP contribution in [-0.2, 0) is 0 Å². The maximum Gasteiger partial charge on any atom is 0.387 e. The summed E-state index contributed by atoms with van der Waals surface area (Å²) in [5.41, 5.74) is -0.207. The first-order valence-corrected chi connectivity index (χ1v) is 7.15. The molecule has 0 aliphatic heterocycles. The van der Waals surface area contributed by atoms with E-state index in [-0.39, 0.29) is 5.75 Å². The predicted molar refractivity (Wildman–Crippen MR) is 73.7 cm³/mol. The van der Waals surface area contributed by atoms with Crippen molar-refractivity contribution >= 4 is 0 Å². The van der Waals surface area contributed by atoms with Gasteiger partial charge in [-0.2, -0.15) is 14.0 Å². The standard InChI is InChI=1S/C16H19F2NO2/c1-2-11-7-8-16(9-11,10-19)14(20)12-3-5-13(6-4-12)21-15(17)18/h3-6,11,14-15,20H,2,7-9H2,1H3. The van der Waals surface area contributed by atoms with Crippen LogP contribution in [0, 0.1) is 22.7 Å². The van der Waals surface area contributed by atoms with Crippen molar-refractivity contribution in [1.29, 1.82) is 5.26 Å². The van der Waals surface area contributed by atoms with E-state index in [0.29, 0.717) is 24.3 Å². The van der Waals surface area contributed by atoms with Gasteiger partial charge < -0.3 is 9.84 Å². The zero-order chi connectivity index (χ0) is 15.5. The van der Waals surface area contributed by atoms with Gasteiger partial charge in [0.25, 0.3) is 0 Å². The third-order valence-electron chi connectivity index (χ3n) is 4.40. The summed E-state index contributed by atoms with van der Waals surface area (Å²) in [6.45, 7) is -0.785. The van der Waals surface area contributed by atoms with E-state index in [0.717, 1.165) is 12.8 Å². The fourth-order valence-corrected chi connectivity index (χ4v) is 3.09. The average Bonchev–Trinajstić information content (AvgIpc) is 2.91. The van der Waals surface area contributed by atoms with Crippen molar-refractivity contribution in [3.05, 3.63) is 29.8 Å². The van der Waals surface area contributed by atoms with Crippen molar-refractivity contribution < 1.29 is 18.6 Å². The molecule has 0 radical (unpaired) electrons. The molecule has 1 N–H and O–H groups in total. The van der Waals surface area contributed by atoms with Gasteiger partial charge in [-0.05, 0) is 42.9 Å². The second-order valence-electron chi connectivity index (χ2n) is 5.64. The van der Waals surface area contributed by atoms with Crippen molar-refractivity contribution in [2.24, 2.45) is 11.3 Å². The first-order valence-electron chi connectivity index (χ1n) is 7.15. The summed E-state index contributed by atoms with van der Waals surface area (Å²) in [4.78, 5) is 0. The number of nitriles is 1. The van der Waals surface area contributed by atoms with Crippen LogP contribution in [0.1, 0.15) is 44.3 Å². The molecule has 1 aromatic carbocycles. The molecule has 0 amide bonds. The maximum atomic E-state index is 12.1. The molecule has 0 heterocycles. The number of halogens is 2. The van der Waals surface area contributed by atoms with E-state index in [1.807, 2.05) is 0 Å². The molecule has 3 atom stereocenters. The fraction of sp³-hybridized carbons (Fsp3) is 0.562. The molecule has 2 rings (SSSR count). The number of hydrogen-bond donors (Lipinski definition) is 1. The third kappa shape index (κ3) is 3.33. The Kier molecular flexibility index (Phi) is 4.79. The number of aliphatic hydroxyl groups is 1. The smallest absolute Gasteiger partial charge is 0.387 e. The van der Waals surface area contributed by atoms with Gasteiger partial charge in [-0.25, -0.2) is 0 Å². The van der Waals surface area contributed by atoms with E-state index < -0.39 is 18.1 Å². The molecule has 0 saturated heterocycles. The van der Waals surface area contributed by atoms with Crippen LogP contribution in [0.3, 0.4) is 0 Å². The van der Waals surface area contributed by atoms with Crippen LogP contribution in [0.15, 0.2) is 24.3 Å². The van der Waals surface area contributed by atoms with Gasteiger partial charge in [0.05, 0.1) is 17.6 Å². The Labute approximate surface area is 123 Å². The molecule has 1 aliphatic rings. The second kappa shape index (κ2) is 6.40. The molecular weight excluding hydrogens is 276 g/mol. The minimum absolute atomic E-state index is 0.0461. The molecule has 1 saturated carbocycles. The van der Waals surface area contributed by atoms with Crippen LogP contribution >= 0.6 is 0 Å². The Morgan fingerprint density at radius 3 is 2.57 bits per heavy atom. The maximum absolute atomic E-state index is 12.1. The molecule has 1 fully saturated rings. The Balaban J connectivity index is 2.15. The van der Waals surface area contributed by atoms with E-state index in [1.165, 1.54) is 12.1 Å². The molecule has 21 heavy (non-hydrogen) atoms. The van der Waals surface area contributed by atoms with Gasteiger partial charge in [-0.15, -0.1) is 0 Å². The molecule has 0 spiro atoms. The lowest BCUT2D eigenvalue weighted by Crippen LogP contribution is -2.24. The summed E-state index contributed by atoms with van der Waals surface area (Å²) in [5.74, 6) is 0.505. The highest BCUT2D eigenvalue weighted by Crippen LogP contribution is 2.50. The van der Waals surface area contributed by atoms with Gasteiger partial charge in [0, 0.05) is 0 Å². The molecule has 1 aromatic rings.